The highest BCUT2D eigenvalue weighted by molar-refractivity contribution is 8.00. The lowest BCUT2D eigenvalue weighted by molar-refractivity contribution is -0.123. The van der Waals surface area contributed by atoms with E-state index in [0.717, 1.165) is 4.90 Å². The smallest absolute Gasteiger partial charge is 0.363 e. The lowest BCUT2D eigenvalue weighted by Gasteiger charge is -2.27. The van der Waals surface area contributed by atoms with E-state index < -0.39 is 23.0 Å². The molecule has 2 heterocycles. The van der Waals surface area contributed by atoms with Crippen molar-refractivity contribution >= 4 is 35.2 Å². The van der Waals surface area contributed by atoms with Crippen molar-refractivity contribution in [2.24, 2.45) is 0 Å². The second-order valence-electron chi connectivity index (χ2n) is 7.34. The van der Waals surface area contributed by atoms with Crippen molar-refractivity contribution < 1.29 is 22.8 Å². The maximum Gasteiger partial charge on any atom is 0.446 e. The lowest BCUT2D eigenvalue weighted by Crippen LogP contribution is -2.44. The Kier molecular flexibility index (Phi) is 5.68. The minimum atomic E-state index is -4.42. The Hall–Kier alpha value is -2.82. The second kappa shape index (κ2) is 7.78. The predicted octanol–water partition coefficient (Wildman–Crippen LogP) is 3.90. The van der Waals surface area contributed by atoms with E-state index >= 15 is 0 Å². The Morgan fingerprint density at radius 2 is 1.73 bits per heavy atom. The van der Waals surface area contributed by atoms with Crippen LogP contribution in [0.3, 0.4) is 0 Å². The van der Waals surface area contributed by atoms with E-state index in [4.69, 9.17) is 0 Å². The van der Waals surface area contributed by atoms with Gasteiger partial charge in [-0.15, -0.1) is 0 Å². The van der Waals surface area contributed by atoms with Crippen molar-refractivity contribution in [3.05, 3.63) is 42.4 Å². The largest absolute Gasteiger partial charge is 0.446 e. The van der Waals surface area contributed by atoms with Gasteiger partial charge < -0.3 is 9.80 Å². The van der Waals surface area contributed by atoms with Crippen LogP contribution in [-0.4, -0.2) is 51.9 Å². The van der Waals surface area contributed by atoms with E-state index in [1.165, 1.54) is 29.2 Å². The molecule has 3 amide bonds. The number of carbonyl (C=O) groups is 2. The molecule has 0 aliphatic carbocycles. The van der Waals surface area contributed by atoms with Gasteiger partial charge in [0.2, 0.25) is 0 Å². The number of imide groups is 1. The molecule has 160 valence electrons. The summed E-state index contributed by atoms with van der Waals surface area (Å²) >= 11 is -0.260. The molecule has 3 rings (SSSR count). The summed E-state index contributed by atoms with van der Waals surface area (Å²) in [5, 5.41) is 0. The summed E-state index contributed by atoms with van der Waals surface area (Å²) in [5.74, 6) is 0.548. The number of halogens is 3. The summed E-state index contributed by atoms with van der Waals surface area (Å²) in [6.45, 7) is 3.23. The van der Waals surface area contributed by atoms with Crippen LogP contribution in [-0.2, 0) is 11.3 Å². The molecule has 1 aliphatic rings. The van der Waals surface area contributed by atoms with Gasteiger partial charge in [0.15, 0.2) is 0 Å². The summed E-state index contributed by atoms with van der Waals surface area (Å²) in [6.07, 6.45) is 1.57. The van der Waals surface area contributed by atoms with Gasteiger partial charge in [0, 0.05) is 25.2 Å². The third-order valence-corrected chi connectivity index (χ3v) is 5.34. The number of benzene rings is 1. The number of urea groups is 1. The van der Waals surface area contributed by atoms with Gasteiger partial charge in [-0.2, -0.15) is 13.2 Å². The van der Waals surface area contributed by atoms with E-state index in [9.17, 15) is 22.8 Å². The summed E-state index contributed by atoms with van der Waals surface area (Å²) in [6, 6.07) is 6.25. The normalized spacial score (nSPS) is 16.4. The van der Waals surface area contributed by atoms with Crippen molar-refractivity contribution in [3.8, 4) is 0 Å². The van der Waals surface area contributed by atoms with Crippen LogP contribution in [0.4, 0.5) is 29.5 Å². The maximum absolute atomic E-state index is 13.0. The van der Waals surface area contributed by atoms with Gasteiger partial charge in [-0.05, 0) is 55.9 Å². The van der Waals surface area contributed by atoms with Crippen LogP contribution in [0.5, 0.6) is 0 Å². The van der Waals surface area contributed by atoms with Crippen molar-refractivity contribution in [1.82, 2.24) is 14.9 Å². The number of aromatic nitrogens is 2. The molecule has 2 aromatic rings. The molecule has 11 heteroatoms. The average molecular weight is 439 g/mol. The Bertz CT molecular complexity index is 963. The van der Waals surface area contributed by atoms with Crippen molar-refractivity contribution in [3.63, 3.8) is 0 Å². The molecule has 0 bridgehead atoms. The highest BCUT2D eigenvalue weighted by Crippen LogP contribution is 2.38. The summed E-state index contributed by atoms with van der Waals surface area (Å²) in [4.78, 5) is 38.7. The van der Waals surface area contributed by atoms with Crippen molar-refractivity contribution in [2.45, 2.75) is 36.3 Å². The first-order valence-electron chi connectivity index (χ1n) is 8.91. The molecule has 1 aromatic carbocycles. The van der Waals surface area contributed by atoms with Crippen LogP contribution in [0.1, 0.15) is 19.7 Å². The van der Waals surface area contributed by atoms with E-state index in [1.807, 2.05) is 14.1 Å². The van der Waals surface area contributed by atoms with Gasteiger partial charge in [-0.3, -0.25) is 4.79 Å². The first kappa shape index (κ1) is 21.9. The Morgan fingerprint density at radius 1 is 1.10 bits per heavy atom. The number of thioether (sulfide) groups is 1. The predicted molar refractivity (Wildman–Crippen MR) is 107 cm³/mol. The van der Waals surface area contributed by atoms with Gasteiger partial charge in [0.25, 0.3) is 5.91 Å². The van der Waals surface area contributed by atoms with Crippen molar-refractivity contribution in [1.29, 1.82) is 0 Å². The Morgan fingerprint density at radius 3 is 2.30 bits per heavy atom. The number of anilines is 2. The van der Waals surface area contributed by atoms with E-state index in [2.05, 4.69) is 9.97 Å². The molecular weight excluding hydrogens is 419 g/mol. The van der Waals surface area contributed by atoms with Crippen LogP contribution < -0.4 is 9.80 Å². The zero-order valence-corrected chi connectivity index (χ0v) is 17.6. The fraction of sp³-hybridized carbons (Fsp3) is 0.368. The number of carbonyl (C=O) groups excluding carboxylic acids is 2. The number of hydrogen-bond acceptors (Lipinski definition) is 6. The average Bonchev–Trinajstić information content (AvgIpc) is 2.81. The monoisotopic (exact) mass is 439 g/mol. The van der Waals surface area contributed by atoms with E-state index in [0.29, 0.717) is 11.6 Å². The summed E-state index contributed by atoms with van der Waals surface area (Å²) in [7, 11) is 3.64. The minimum Gasteiger partial charge on any atom is -0.363 e. The molecule has 0 spiro atoms. The van der Waals surface area contributed by atoms with Crippen LogP contribution >= 0.6 is 11.8 Å². The second-order valence-corrected chi connectivity index (χ2v) is 8.47. The number of alkyl halides is 3. The topological polar surface area (TPSA) is 69.6 Å². The fourth-order valence-corrected chi connectivity index (χ4v) is 3.52. The van der Waals surface area contributed by atoms with Gasteiger partial charge in [-0.25, -0.2) is 19.7 Å². The van der Waals surface area contributed by atoms with E-state index in [1.54, 1.807) is 31.0 Å². The molecule has 30 heavy (non-hydrogen) atoms. The molecule has 1 saturated heterocycles. The van der Waals surface area contributed by atoms with Gasteiger partial charge in [0.05, 0.1) is 12.2 Å². The van der Waals surface area contributed by atoms with Gasteiger partial charge in [-0.1, -0.05) is 0 Å². The molecule has 0 unspecified atom stereocenters. The molecule has 1 aliphatic heterocycles. The molecule has 1 fully saturated rings. The third kappa shape index (κ3) is 4.35. The fourth-order valence-electron chi connectivity index (χ4n) is 2.98. The van der Waals surface area contributed by atoms with Crippen LogP contribution in [0, 0.1) is 0 Å². The Balaban J connectivity index is 1.86. The SMILES string of the molecule is CN(C)c1ccnc(CN2C(=O)N(c3ccc(SC(F)(F)F)cc3)C(=O)C2(C)C)n1. The molecule has 0 N–H and O–H groups in total. The number of amides is 3. The van der Waals surface area contributed by atoms with Crippen molar-refractivity contribution in [2.75, 3.05) is 23.9 Å². The van der Waals surface area contributed by atoms with Gasteiger partial charge >= 0.3 is 11.5 Å². The first-order valence-corrected chi connectivity index (χ1v) is 9.73. The maximum atomic E-state index is 13.0. The van der Waals surface area contributed by atoms with Crippen LogP contribution in [0.15, 0.2) is 41.4 Å². The summed E-state index contributed by atoms with van der Waals surface area (Å²) < 4.78 is 37.6. The quantitative estimate of drug-likeness (QED) is 0.520. The molecule has 7 nitrogen and oxygen atoms in total. The van der Waals surface area contributed by atoms with Crippen LogP contribution in [0.25, 0.3) is 0 Å². The number of nitrogens with zero attached hydrogens (tertiary/aromatic N) is 5. The molecular formula is C19H20F3N5O2S. The van der Waals surface area contributed by atoms with E-state index in [-0.39, 0.29) is 28.9 Å². The molecule has 0 radical (unpaired) electrons. The third-order valence-electron chi connectivity index (χ3n) is 4.60. The highest BCUT2D eigenvalue weighted by Gasteiger charge is 2.52. The number of hydrogen-bond donors (Lipinski definition) is 0. The standard InChI is InChI=1S/C19H20F3N5O2S/c1-18(2)16(28)27(12-5-7-13(8-6-12)30-19(20,21)22)17(29)26(18)11-14-23-10-9-15(24-14)25(3)4/h5-10H,11H2,1-4H3. The first-order chi connectivity index (χ1) is 13.9. The van der Waals surface area contributed by atoms with Gasteiger partial charge in [0.1, 0.15) is 17.2 Å². The molecule has 1 aromatic heterocycles. The zero-order chi connectivity index (χ0) is 22.3. The Labute approximate surface area is 175 Å². The minimum absolute atomic E-state index is 0.0117. The van der Waals surface area contributed by atoms with Crippen LogP contribution in [0.2, 0.25) is 0 Å². The lowest BCUT2D eigenvalue weighted by atomic mass is 10.0. The molecule has 0 saturated carbocycles. The summed E-state index contributed by atoms with van der Waals surface area (Å²) in [5.41, 5.74) is -5.38. The zero-order valence-electron chi connectivity index (χ0n) is 16.8. The molecule has 0 atom stereocenters. The highest BCUT2D eigenvalue weighted by atomic mass is 32.2. The number of rotatable bonds is 5.